The number of benzene rings is 2. The van der Waals surface area contributed by atoms with Crippen LogP contribution in [0, 0.1) is 12.8 Å². The van der Waals surface area contributed by atoms with Crippen LogP contribution < -0.4 is 16.1 Å². The normalized spacial score (nSPS) is 15.8. The van der Waals surface area contributed by atoms with Crippen LogP contribution >= 0.6 is 23.2 Å². The number of nitrogens with zero attached hydrogens (tertiary/aromatic N) is 5. The summed E-state index contributed by atoms with van der Waals surface area (Å²) in [5.74, 6) is 0.952. The van der Waals surface area contributed by atoms with Crippen molar-refractivity contribution < 1.29 is 0 Å². The van der Waals surface area contributed by atoms with Gasteiger partial charge in [-0.2, -0.15) is 4.98 Å². The van der Waals surface area contributed by atoms with E-state index in [-0.39, 0.29) is 18.0 Å². The molecule has 0 radical (unpaired) electrons. The maximum atomic E-state index is 13.6. The first kappa shape index (κ1) is 21.8. The number of rotatable bonds is 3. The van der Waals surface area contributed by atoms with Gasteiger partial charge in [-0.25, -0.2) is 4.79 Å². The van der Waals surface area contributed by atoms with E-state index in [1.807, 2.05) is 11.5 Å². The molecular weight excluding hydrogens is 461 g/mol. The van der Waals surface area contributed by atoms with Crippen LogP contribution in [0.25, 0.3) is 11.2 Å². The summed E-state index contributed by atoms with van der Waals surface area (Å²) in [6, 6.07) is 13.2. The van der Waals surface area contributed by atoms with Crippen LogP contribution in [0.1, 0.15) is 18.1 Å². The molecule has 0 N–H and O–H groups in total. The molecule has 0 fully saturated rings. The molecule has 0 aliphatic carbocycles. The van der Waals surface area contributed by atoms with Crippen molar-refractivity contribution >= 4 is 46.0 Å². The van der Waals surface area contributed by atoms with Gasteiger partial charge in [-0.3, -0.25) is 13.9 Å². The van der Waals surface area contributed by atoms with Gasteiger partial charge in [0.15, 0.2) is 11.2 Å². The lowest BCUT2D eigenvalue weighted by atomic mass is 10.1. The molecule has 2 aromatic heterocycles. The summed E-state index contributed by atoms with van der Waals surface area (Å²) in [7, 11) is 1.64. The smallest absolute Gasteiger partial charge is 0.312 e. The highest BCUT2D eigenvalue weighted by Crippen LogP contribution is 2.33. The van der Waals surface area contributed by atoms with Crippen molar-refractivity contribution in [3.05, 3.63) is 84.5 Å². The quantitative estimate of drug-likeness (QED) is 0.434. The molecule has 0 saturated heterocycles. The van der Waals surface area contributed by atoms with Crippen molar-refractivity contribution in [1.82, 2.24) is 18.7 Å². The van der Waals surface area contributed by atoms with E-state index in [1.165, 1.54) is 14.7 Å². The van der Waals surface area contributed by atoms with E-state index in [9.17, 15) is 9.59 Å². The second-order valence-corrected chi connectivity index (χ2v) is 9.56. The first-order valence-corrected chi connectivity index (χ1v) is 11.5. The Morgan fingerprint density at radius 3 is 2.48 bits per heavy atom. The van der Waals surface area contributed by atoms with Crippen LogP contribution in [0.3, 0.4) is 0 Å². The molecule has 2 aromatic carbocycles. The standard InChI is InChI=1S/C24H23Cl2N5O2/c1-14-4-8-18(9-5-14)29-11-15(2)12-30-20-21(27-23(29)30)28(3)24(33)31(22(20)32)13-16-6-7-17(25)10-19(16)26/h4-10,15H,11-13H2,1-3H3/t15-/m0/s1. The molecule has 7 nitrogen and oxygen atoms in total. The Hall–Kier alpha value is -3.03. The molecule has 33 heavy (non-hydrogen) atoms. The predicted molar refractivity (Wildman–Crippen MR) is 132 cm³/mol. The average Bonchev–Trinajstić information content (AvgIpc) is 3.16. The molecule has 1 aliphatic rings. The Kier molecular flexibility index (Phi) is 5.34. The summed E-state index contributed by atoms with van der Waals surface area (Å²) in [6.45, 7) is 5.65. The second-order valence-electron chi connectivity index (χ2n) is 8.71. The Labute approximate surface area is 200 Å². The van der Waals surface area contributed by atoms with E-state index in [2.05, 4.69) is 36.1 Å². The van der Waals surface area contributed by atoms with E-state index in [0.717, 1.165) is 12.2 Å². The van der Waals surface area contributed by atoms with Crippen LogP contribution in [0.4, 0.5) is 11.6 Å². The van der Waals surface area contributed by atoms with E-state index >= 15 is 0 Å². The summed E-state index contributed by atoms with van der Waals surface area (Å²) in [6.07, 6.45) is 0. The molecule has 0 unspecified atom stereocenters. The third kappa shape index (κ3) is 3.65. The Bertz CT molecular complexity index is 1500. The summed E-state index contributed by atoms with van der Waals surface area (Å²) in [5.41, 5.74) is 2.79. The maximum absolute atomic E-state index is 13.6. The van der Waals surface area contributed by atoms with Gasteiger partial charge < -0.3 is 9.47 Å². The highest BCUT2D eigenvalue weighted by Gasteiger charge is 2.30. The van der Waals surface area contributed by atoms with Gasteiger partial charge in [0.2, 0.25) is 5.95 Å². The number of aryl methyl sites for hydroxylation is 2. The molecule has 0 spiro atoms. The van der Waals surface area contributed by atoms with E-state index in [1.54, 1.807) is 25.2 Å². The van der Waals surface area contributed by atoms with Crippen molar-refractivity contribution in [2.45, 2.75) is 26.9 Å². The van der Waals surface area contributed by atoms with Crippen molar-refractivity contribution in [1.29, 1.82) is 0 Å². The summed E-state index contributed by atoms with van der Waals surface area (Å²) < 4.78 is 4.58. The van der Waals surface area contributed by atoms with Gasteiger partial charge in [-0.1, -0.05) is 53.9 Å². The largest absolute Gasteiger partial charge is 0.332 e. The summed E-state index contributed by atoms with van der Waals surface area (Å²) in [4.78, 5) is 33.6. The Morgan fingerprint density at radius 1 is 1.06 bits per heavy atom. The number of aromatic nitrogens is 4. The number of hydrogen-bond acceptors (Lipinski definition) is 4. The zero-order valence-electron chi connectivity index (χ0n) is 18.5. The van der Waals surface area contributed by atoms with Crippen LogP contribution in [0.15, 0.2) is 52.1 Å². The fraction of sp³-hybridized carbons (Fsp3) is 0.292. The minimum Gasteiger partial charge on any atom is -0.312 e. The highest BCUT2D eigenvalue weighted by atomic mass is 35.5. The van der Waals surface area contributed by atoms with Crippen LogP contribution in [0.5, 0.6) is 0 Å². The maximum Gasteiger partial charge on any atom is 0.332 e. The minimum atomic E-state index is -0.441. The number of halogens is 2. The molecule has 0 bridgehead atoms. The second kappa shape index (κ2) is 8.08. The number of imidazole rings is 1. The molecule has 0 amide bonds. The average molecular weight is 484 g/mol. The van der Waals surface area contributed by atoms with Gasteiger partial charge in [-0.15, -0.1) is 0 Å². The SMILES string of the molecule is Cc1ccc(N2C[C@H](C)Cn3c2nc2c3c(=O)n(Cc3ccc(Cl)cc3Cl)c(=O)n2C)cc1. The van der Waals surface area contributed by atoms with Crippen molar-refractivity contribution in [3.63, 3.8) is 0 Å². The lowest BCUT2D eigenvalue weighted by molar-refractivity contribution is 0.458. The minimum absolute atomic E-state index is 0.0508. The van der Waals surface area contributed by atoms with Crippen LogP contribution in [0.2, 0.25) is 10.0 Å². The van der Waals surface area contributed by atoms with Crippen LogP contribution in [-0.2, 0) is 20.1 Å². The first-order valence-electron chi connectivity index (χ1n) is 10.7. The lowest BCUT2D eigenvalue weighted by Gasteiger charge is -2.33. The first-order chi connectivity index (χ1) is 15.7. The van der Waals surface area contributed by atoms with Crippen molar-refractivity contribution in [2.75, 3.05) is 11.4 Å². The highest BCUT2D eigenvalue weighted by molar-refractivity contribution is 6.35. The molecule has 4 aromatic rings. The number of anilines is 2. The fourth-order valence-corrected chi connectivity index (χ4v) is 4.88. The van der Waals surface area contributed by atoms with Crippen molar-refractivity contribution in [2.24, 2.45) is 13.0 Å². The molecular formula is C24H23Cl2N5O2. The molecule has 3 heterocycles. The van der Waals surface area contributed by atoms with Gasteiger partial charge in [0.1, 0.15) is 0 Å². The molecule has 1 atom stereocenters. The molecule has 5 rings (SSSR count). The van der Waals surface area contributed by atoms with E-state index in [0.29, 0.717) is 39.3 Å². The monoisotopic (exact) mass is 483 g/mol. The van der Waals surface area contributed by atoms with Gasteiger partial charge in [-0.05, 0) is 42.7 Å². The van der Waals surface area contributed by atoms with Gasteiger partial charge in [0.25, 0.3) is 5.56 Å². The van der Waals surface area contributed by atoms with Gasteiger partial charge >= 0.3 is 5.69 Å². The van der Waals surface area contributed by atoms with E-state index < -0.39 is 5.69 Å². The number of fused-ring (bicyclic) bond motifs is 3. The third-order valence-corrected chi connectivity index (χ3v) is 6.72. The third-order valence-electron chi connectivity index (χ3n) is 6.13. The van der Waals surface area contributed by atoms with Crippen molar-refractivity contribution in [3.8, 4) is 0 Å². The zero-order valence-corrected chi connectivity index (χ0v) is 20.1. The zero-order chi connectivity index (χ0) is 23.4. The topological polar surface area (TPSA) is 65.1 Å². The Morgan fingerprint density at radius 2 is 1.79 bits per heavy atom. The van der Waals surface area contributed by atoms with Crippen LogP contribution in [-0.4, -0.2) is 25.2 Å². The summed E-state index contributed by atoms with van der Waals surface area (Å²) >= 11 is 12.3. The number of hydrogen-bond donors (Lipinski definition) is 0. The van der Waals surface area contributed by atoms with Gasteiger partial charge in [0.05, 0.1) is 6.54 Å². The summed E-state index contributed by atoms with van der Waals surface area (Å²) in [5, 5.41) is 0.903. The molecule has 9 heteroatoms. The molecule has 1 aliphatic heterocycles. The Balaban J connectivity index is 1.71. The van der Waals surface area contributed by atoms with Gasteiger partial charge in [0, 0.05) is 35.9 Å². The molecule has 170 valence electrons. The lowest BCUT2D eigenvalue weighted by Crippen LogP contribution is -2.40. The van der Waals surface area contributed by atoms with E-state index in [4.69, 9.17) is 28.2 Å². The fourth-order valence-electron chi connectivity index (χ4n) is 4.41. The molecule has 0 saturated carbocycles. The predicted octanol–water partition coefficient (Wildman–Crippen LogP) is 4.35.